The third-order valence-corrected chi connectivity index (χ3v) is 6.33. The number of thiophene rings is 1. The van der Waals surface area contributed by atoms with Gasteiger partial charge in [-0.2, -0.15) is 0 Å². The Morgan fingerprint density at radius 1 is 1.00 bits per heavy atom. The highest BCUT2D eigenvalue weighted by Crippen LogP contribution is 2.48. The van der Waals surface area contributed by atoms with Crippen molar-refractivity contribution in [3.63, 3.8) is 0 Å². The first-order chi connectivity index (χ1) is 12.3. The van der Waals surface area contributed by atoms with Gasteiger partial charge in [-0.1, -0.05) is 29.8 Å². The van der Waals surface area contributed by atoms with E-state index in [4.69, 9.17) is 11.6 Å². The molecule has 2 nitrogen and oxygen atoms in total. The maximum absolute atomic E-state index is 6.13. The number of aromatic nitrogens is 1. The van der Waals surface area contributed by atoms with E-state index in [9.17, 15) is 0 Å². The first kappa shape index (κ1) is 16.8. The van der Waals surface area contributed by atoms with Gasteiger partial charge in [0.1, 0.15) is 0 Å². The molecular formula is C21H21ClN2S. The summed E-state index contributed by atoms with van der Waals surface area (Å²) < 4.78 is 0. The summed E-state index contributed by atoms with van der Waals surface area (Å²) in [4.78, 5) is 8.21. The molecule has 1 fully saturated rings. The van der Waals surface area contributed by atoms with Gasteiger partial charge in [-0.3, -0.25) is 9.88 Å². The van der Waals surface area contributed by atoms with Gasteiger partial charge in [0.15, 0.2) is 0 Å². The van der Waals surface area contributed by atoms with Crippen LogP contribution in [-0.2, 0) is 18.6 Å². The average molecular weight is 369 g/mol. The van der Waals surface area contributed by atoms with Crippen molar-refractivity contribution < 1.29 is 0 Å². The first-order valence-electron chi connectivity index (χ1n) is 8.69. The molecule has 0 saturated heterocycles. The molecule has 4 rings (SSSR count). The molecule has 1 aromatic carbocycles. The lowest BCUT2D eigenvalue weighted by atomic mass is 9.70. The Morgan fingerprint density at radius 3 is 2.36 bits per heavy atom. The predicted molar refractivity (Wildman–Crippen MR) is 105 cm³/mol. The van der Waals surface area contributed by atoms with E-state index in [-0.39, 0.29) is 5.54 Å². The molecule has 128 valence electrons. The standard InChI is InChI=1S/C21H21ClN2S/c22-19-6-4-18(5-7-19)21(10-2-11-21)24(16-20-3-1-14-25-20)15-17-8-12-23-13-9-17/h1,3-9,12-14H,2,10-11,15-16H2. The lowest BCUT2D eigenvalue weighted by molar-refractivity contribution is -0.00198. The van der Waals surface area contributed by atoms with Gasteiger partial charge in [0.25, 0.3) is 0 Å². The Bertz CT molecular complexity index is 796. The average Bonchev–Trinajstić information content (AvgIpc) is 3.09. The highest BCUT2D eigenvalue weighted by Gasteiger charge is 2.43. The molecule has 0 bridgehead atoms. The Kier molecular flexibility index (Phi) is 4.89. The summed E-state index contributed by atoms with van der Waals surface area (Å²) in [7, 11) is 0. The van der Waals surface area contributed by atoms with E-state index >= 15 is 0 Å². The molecule has 0 N–H and O–H groups in total. The molecule has 2 aromatic heterocycles. The van der Waals surface area contributed by atoms with Crippen molar-refractivity contribution in [2.24, 2.45) is 0 Å². The number of hydrogen-bond acceptors (Lipinski definition) is 3. The van der Waals surface area contributed by atoms with E-state index in [0.29, 0.717) is 0 Å². The Balaban J connectivity index is 1.68. The van der Waals surface area contributed by atoms with Gasteiger partial charge in [-0.25, -0.2) is 0 Å². The Morgan fingerprint density at radius 2 is 1.76 bits per heavy atom. The lowest BCUT2D eigenvalue weighted by Crippen LogP contribution is -2.50. The Labute approximate surface area is 158 Å². The van der Waals surface area contributed by atoms with Crippen molar-refractivity contribution >= 4 is 22.9 Å². The van der Waals surface area contributed by atoms with Gasteiger partial charge in [-0.15, -0.1) is 11.3 Å². The topological polar surface area (TPSA) is 16.1 Å². The monoisotopic (exact) mass is 368 g/mol. The van der Waals surface area contributed by atoms with Crippen molar-refractivity contribution in [3.05, 3.63) is 87.3 Å². The molecule has 0 amide bonds. The van der Waals surface area contributed by atoms with Crippen LogP contribution in [-0.4, -0.2) is 9.88 Å². The third kappa shape index (κ3) is 3.50. The highest BCUT2D eigenvalue weighted by molar-refractivity contribution is 7.09. The van der Waals surface area contributed by atoms with E-state index in [0.717, 1.165) is 18.1 Å². The van der Waals surface area contributed by atoms with E-state index in [1.807, 2.05) is 35.9 Å². The fraction of sp³-hybridized carbons (Fsp3) is 0.286. The number of benzene rings is 1. The zero-order valence-electron chi connectivity index (χ0n) is 14.1. The van der Waals surface area contributed by atoms with Crippen LogP contribution >= 0.6 is 22.9 Å². The van der Waals surface area contributed by atoms with Crippen LogP contribution in [0.1, 0.15) is 35.3 Å². The van der Waals surface area contributed by atoms with Crippen molar-refractivity contribution in [3.8, 4) is 0 Å². The summed E-state index contributed by atoms with van der Waals surface area (Å²) in [5, 5.41) is 2.97. The number of pyridine rings is 1. The van der Waals surface area contributed by atoms with Crippen LogP contribution in [0.2, 0.25) is 5.02 Å². The Hall–Kier alpha value is -1.68. The fourth-order valence-corrected chi connectivity index (χ4v) is 4.56. The van der Waals surface area contributed by atoms with Gasteiger partial charge in [0, 0.05) is 40.9 Å². The largest absolute Gasteiger partial charge is 0.284 e. The molecule has 0 spiro atoms. The molecule has 1 saturated carbocycles. The molecule has 1 aliphatic rings. The zero-order chi connectivity index (χ0) is 17.1. The fourth-order valence-electron chi connectivity index (χ4n) is 3.72. The van der Waals surface area contributed by atoms with Crippen molar-refractivity contribution in [1.82, 2.24) is 9.88 Å². The van der Waals surface area contributed by atoms with Crippen molar-refractivity contribution in [2.75, 3.05) is 0 Å². The molecule has 4 heteroatoms. The quantitative estimate of drug-likeness (QED) is 0.540. The zero-order valence-corrected chi connectivity index (χ0v) is 15.6. The molecular weight excluding hydrogens is 348 g/mol. The number of nitrogens with zero attached hydrogens (tertiary/aromatic N) is 2. The molecule has 25 heavy (non-hydrogen) atoms. The van der Waals surface area contributed by atoms with E-state index in [1.165, 1.54) is 35.3 Å². The second kappa shape index (κ2) is 7.28. The van der Waals surface area contributed by atoms with Crippen LogP contribution in [0.3, 0.4) is 0 Å². The number of rotatable bonds is 6. The van der Waals surface area contributed by atoms with Gasteiger partial charge in [0.2, 0.25) is 0 Å². The number of halogens is 1. The minimum atomic E-state index is 0.109. The molecule has 0 atom stereocenters. The van der Waals surface area contributed by atoms with E-state index in [2.05, 4.69) is 51.7 Å². The normalized spacial score (nSPS) is 15.9. The second-order valence-electron chi connectivity index (χ2n) is 6.68. The maximum atomic E-state index is 6.13. The molecule has 0 aliphatic heterocycles. The van der Waals surface area contributed by atoms with E-state index < -0.39 is 0 Å². The third-order valence-electron chi connectivity index (χ3n) is 5.22. The summed E-state index contributed by atoms with van der Waals surface area (Å²) >= 11 is 7.96. The van der Waals surface area contributed by atoms with Crippen LogP contribution in [0.5, 0.6) is 0 Å². The molecule has 3 aromatic rings. The van der Waals surface area contributed by atoms with Crippen molar-refractivity contribution in [1.29, 1.82) is 0 Å². The summed E-state index contributed by atoms with van der Waals surface area (Å²) in [5.41, 5.74) is 2.80. The molecule has 0 radical (unpaired) electrons. The smallest absolute Gasteiger partial charge is 0.0468 e. The lowest BCUT2D eigenvalue weighted by Gasteiger charge is -2.51. The maximum Gasteiger partial charge on any atom is 0.0468 e. The van der Waals surface area contributed by atoms with Crippen LogP contribution in [0.4, 0.5) is 0 Å². The molecule has 0 unspecified atom stereocenters. The summed E-state index contributed by atoms with van der Waals surface area (Å²) in [6.45, 7) is 1.91. The van der Waals surface area contributed by atoms with Crippen LogP contribution in [0.25, 0.3) is 0 Å². The van der Waals surface area contributed by atoms with Gasteiger partial charge >= 0.3 is 0 Å². The minimum Gasteiger partial charge on any atom is -0.284 e. The summed E-state index contributed by atoms with van der Waals surface area (Å²) in [6, 6.07) is 17.1. The van der Waals surface area contributed by atoms with Crippen molar-refractivity contribution in [2.45, 2.75) is 37.9 Å². The van der Waals surface area contributed by atoms with Crippen LogP contribution in [0.15, 0.2) is 66.3 Å². The summed E-state index contributed by atoms with van der Waals surface area (Å²) in [6.07, 6.45) is 7.44. The van der Waals surface area contributed by atoms with Gasteiger partial charge < -0.3 is 0 Å². The highest BCUT2D eigenvalue weighted by atomic mass is 35.5. The second-order valence-corrected chi connectivity index (χ2v) is 8.15. The predicted octanol–water partition coefficient (Wildman–Crippen LogP) is 5.88. The summed E-state index contributed by atoms with van der Waals surface area (Å²) in [5.74, 6) is 0. The SMILES string of the molecule is Clc1ccc(C2(N(Cc3ccncc3)Cc3cccs3)CCC2)cc1. The minimum absolute atomic E-state index is 0.109. The van der Waals surface area contributed by atoms with Gasteiger partial charge in [-0.05, 0) is 66.1 Å². The molecule has 2 heterocycles. The molecule has 1 aliphatic carbocycles. The number of hydrogen-bond donors (Lipinski definition) is 0. The first-order valence-corrected chi connectivity index (χ1v) is 9.94. The van der Waals surface area contributed by atoms with E-state index in [1.54, 1.807) is 0 Å². The van der Waals surface area contributed by atoms with Crippen LogP contribution < -0.4 is 0 Å². The van der Waals surface area contributed by atoms with Crippen LogP contribution in [0, 0.1) is 0 Å². The van der Waals surface area contributed by atoms with Gasteiger partial charge in [0.05, 0.1) is 0 Å².